The minimum absolute atomic E-state index is 0.417. The van der Waals surface area contributed by atoms with Gasteiger partial charge in [-0.2, -0.15) is 0 Å². The van der Waals surface area contributed by atoms with Crippen molar-refractivity contribution in [1.29, 1.82) is 0 Å². The Balaban J connectivity index is 1.82. The van der Waals surface area contributed by atoms with Gasteiger partial charge in [0.15, 0.2) is 0 Å². The van der Waals surface area contributed by atoms with Gasteiger partial charge in [0, 0.05) is 30.6 Å². The number of thioether (sulfide) groups is 1. The molecule has 1 heterocycles. The number of nitrogens with one attached hydrogen (secondary N) is 1. The first-order chi connectivity index (χ1) is 9.88. The molecule has 1 unspecified atom stereocenters. The second kappa shape index (κ2) is 6.33. The molecule has 3 rings (SSSR count). The summed E-state index contributed by atoms with van der Waals surface area (Å²) in [6, 6.07) is 19.8. The standard InChI is InChI=1S/C17H20N2S/c1-20-17-10-6-5-9-16(17)19-12-11-18-15(13-19)14-7-3-2-4-8-14/h2-10,15,18H,11-13H2,1H3. The van der Waals surface area contributed by atoms with E-state index >= 15 is 0 Å². The van der Waals surface area contributed by atoms with Crippen molar-refractivity contribution in [3.05, 3.63) is 60.2 Å². The quantitative estimate of drug-likeness (QED) is 0.868. The summed E-state index contributed by atoms with van der Waals surface area (Å²) in [5.41, 5.74) is 2.74. The van der Waals surface area contributed by atoms with Crippen LogP contribution in [0.2, 0.25) is 0 Å². The number of anilines is 1. The maximum absolute atomic E-state index is 3.62. The maximum Gasteiger partial charge on any atom is 0.0505 e. The van der Waals surface area contributed by atoms with Gasteiger partial charge in [-0.3, -0.25) is 0 Å². The normalized spacial score (nSPS) is 19.1. The molecule has 1 aliphatic rings. The molecule has 0 aliphatic carbocycles. The molecule has 1 atom stereocenters. The third kappa shape index (κ3) is 2.84. The zero-order valence-electron chi connectivity index (χ0n) is 11.8. The Labute approximate surface area is 125 Å². The Hall–Kier alpha value is -1.45. The van der Waals surface area contributed by atoms with Crippen LogP contribution in [0, 0.1) is 0 Å². The number of para-hydroxylation sites is 1. The van der Waals surface area contributed by atoms with Crippen LogP contribution in [0.5, 0.6) is 0 Å². The van der Waals surface area contributed by atoms with Crippen molar-refractivity contribution in [2.24, 2.45) is 0 Å². The van der Waals surface area contributed by atoms with E-state index in [0.29, 0.717) is 6.04 Å². The lowest BCUT2D eigenvalue weighted by atomic mass is 10.0. The number of benzene rings is 2. The summed E-state index contributed by atoms with van der Waals surface area (Å²) < 4.78 is 0. The third-order valence-corrected chi connectivity index (χ3v) is 4.59. The first kappa shape index (κ1) is 13.5. The smallest absolute Gasteiger partial charge is 0.0505 e. The number of hydrogen-bond acceptors (Lipinski definition) is 3. The molecule has 0 radical (unpaired) electrons. The first-order valence-electron chi connectivity index (χ1n) is 7.05. The Morgan fingerprint density at radius 2 is 1.80 bits per heavy atom. The van der Waals surface area contributed by atoms with E-state index in [1.165, 1.54) is 16.1 Å². The van der Waals surface area contributed by atoms with Gasteiger partial charge in [0.1, 0.15) is 0 Å². The van der Waals surface area contributed by atoms with Gasteiger partial charge in [-0.25, -0.2) is 0 Å². The van der Waals surface area contributed by atoms with Gasteiger partial charge in [0.2, 0.25) is 0 Å². The van der Waals surface area contributed by atoms with Crippen molar-refractivity contribution in [2.75, 3.05) is 30.8 Å². The summed E-state index contributed by atoms with van der Waals surface area (Å²) in [6.45, 7) is 3.13. The molecule has 1 aliphatic heterocycles. The largest absolute Gasteiger partial charge is 0.367 e. The molecule has 1 fully saturated rings. The van der Waals surface area contributed by atoms with Crippen LogP contribution < -0.4 is 10.2 Å². The monoisotopic (exact) mass is 284 g/mol. The van der Waals surface area contributed by atoms with Gasteiger partial charge in [-0.05, 0) is 24.0 Å². The Morgan fingerprint density at radius 3 is 2.60 bits per heavy atom. The highest BCUT2D eigenvalue weighted by atomic mass is 32.2. The van der Waals surface area contributed by atoms with Crippen LogP contribution in [0.1, 0.15) is 11.6 Å². The minimum atomic E-state index is 0.417. The summed E-state index contributed by atoms with van der Waals surface area (Å²) in [5.74, 6) is 0. The maximum atomic E-state index is 3.62. The van der Waals surface area contributed by atoms with Crippen LogP contribution in [-0.2, 0) is 0 Å². The van der Waals surface area contributed by atoms with Gasteiger partial charge in [0.05, 0.1) is 5.69 Å². The van der Waals surface area contributed by atoms with Crippen molar-refractivity contribution in [3.63, 3.8) is 0 Å². The van der Waals surface area contributed by atoms with Gasteiger partial charge in [-0.1, -0.05) is 42.5 Å². The molecular weight excluding hydrogens is 264 g/mol. The van der Waals surface area contributed by atoms with Gasteiger partial charge in [0.25, 0.3) is 0 Å². The van der Waals surface area contributed by atoms with Crippen LogP contribution in [0.25, 0.3) is 0 Å². The molecule has 2 nitrogen and oxygen atoms in total. The van der Waals surface area contributed by atoms with Crippen LogP contribution >= 0.6 is 11.8 Å². The third-order valence-electron chi connectivity index (χ3n) is 3.80. The molecule has 1 N–H and O–H groups in total. The number of hydrogen-bond donors (Lipinski definition) is 1. The molecule has 20 heavy (non-hydrogen) atoms. The number of nitrogens with zero attached hydrogens (tertiary/aromatic N) is 1. The molecule has 0 amide bonds. The molecule has 2 aromatic carbocycles. The van der Waals surface area contributed by atoms with E-state index in [4.69, 9.17) is 0 Å². The molecule has 0 spiro atoms. The van der Waals surface area contributed by atoms with E-state index in [-0.39, 0.29) is 0 Å². The molecule has 2 aromatic rings. The topological polar surface area (TPSA) is 15.3 Å². The van der Waals surface area contributed by atoms with Crippen LogP contribution in [0.15, 0.2) is 59.5 Å². The van der Waals surface area contributed by atoms with Crippen LogP contribution in [-0.4, -0.2) is 25.9 Å². The Bertz CT molecular complexity index is 556. The lowest BCUT2D eigenvalue weighted by Crippen LogP contribution is -2.46. The van der Waals surface area contributed by atoms with Gasteiger partial charge >= 0.3 is 0 Å². The zero-order valence-corrected chi connectivity index (χ0v) is 12.6. The van der Waals surface area contributed by atoms with Crippen LogP contribution in [0.4, 0.5) is 5.69 Å². The van der Waals surface area contributed by atoms with E-state index in [2.05, 4.69) is 71.1 Å². The molecule has 104 valence electrons. The van der Waals surface area contributed by atoms with Crippen molar-refractivity contribution >= 4 is 17.4 Å². The first-order valence-corrected chi connectivity index (χ1v) is 8.27. The van der Waals surface area contributed by atoms with Crippen molar-refractivity contribution in [3.8, 4) is 0 Å². The van der Waals surface area contributed by atoms with Crippen LogP contribution in [0.3, 0.4) is 0 Å². The predicted molar refractivity (Wildman–Crippen MR) is 87.6 cm³/mol. The number of rotatable bonds is 3. The Morgan fingerprint density at radius 1 is 1.05 bits per heavy atom. The highest BCUT2D eigenvalue weighted by molar-refractivity contribution is 7.98. The molecule has 3 heteroatoms. The summed E-state index contributed by atoms with van der Waals surface area (Å²) in [4.78, 5) is 3.86. The SMILES string of the molecule is CSc1ccccc1N1CCNC(c2ccccc2)C1. The van der Waals surface area contributed by atoms with Crippen molar-refractivity contribution < 1.29 is 0 Å². The fourth-order valence-electron chi connectivity index (χ4n) is 2.77. The van der Waals surface area contributed by atoms with E-state index in [1.54, 1.807) is 0 Å². The Kier molecular flexibility index (Phi) is 4.28. The molecule has 1 saturated heterocycles. The average Bonchev–Trinajstić information content (AvgIpc) is 2.56. The second-order valence-electron chi connectivity index (χ2n) is 5.04. The molecule has 0 saturated carbocycles. The summed E-state index contributed by atoms with van der Waals surface area (Å²) in [7, 11) is 0. The zero-order chi connectivity index (χ0) is 13.8. The fraction of sp³-hybridized carbons (Fsp3) is 0.294. The summed E-state index contributed by atoms with van der Waals surface area (Å²) >= 11 is 1.82. The summed E-state index contributed by atoms with van der Waals surface area (Å²) in [5, 5.41) is 3.62. The molecule has 0 bridgehead atoms. The van der Waals surface area contributed by atoms with E-state index < -0.39 is 0 Å². The minimum Gasteiger partial charge on any atom is -0.367 e. The van der Waals surface area contributed by atoms with Gasteiger partial charge in [-0.15, -0.1) is 11.8 Å². The summed E-state index contributed by atoms with van der Waals surface area (Å²) in [6.07, 6.45) is 2.15. The van der Waals surface area contributed by atoms with Crippen molar-refractivity contribution in [2.45, 2.75) is 10.9 Å². The fourth-order valence-corrected chi connectivity index (χ4v) is 3.39. The second-order valence-corrected chi connectivity index (χ2v) is 5.88. The highest BCUT2D eigenvalue weighted by Gasteiger charge is 2.21. The van der Waals surface area contributed by atoms with Gasteiger partial charge < -0.3 is 10.2 Å². The molecular formula is C17H20N2S. The predicted octanol–water partition coefficient (Wildman–Crippen LogP) is 3.56. The van der Waals surface area contributed by atoms with Crippen molar-refractivity contribution in [1.82, 2.24) is 5.32 Å². The lowest BCUT2D eigenvalue weighted by molar-refractivity contribution is 0.470. The van der Waals surface area contributed by atoms with E-state index in [0.717, 1.165) is 19.6 Å². The molecule has 0 aromatic heterocycles. The highest BCUT2D eigenvalue weighted by Crippen LogP contribution is 2.30. The average molecular weight is 284 g/mol. The lowest BCUT2D eigenvalue weighted by Gasteiger charge is -2.36. The van der Waals surface area contributed by atoms with E-state index in [1.807, 2.05) is 11.8 Å². The van der Waals surface area contributed by atoms with E-state index in [9.17, 15) is 0 Å². The number of piperazine rings is 1.